The Morgan fingerprint density at radius 2 is 2.12 bits per heavy atom. The number of fused-ring (bicyclic) bond motifs is 1. The molecule has 3 rings (SSSR count). The monoisotopic (exact) mass is 359 g/mol. The van der Waals surface area contributed by atoms with Gasteiger partial charge in [0.05, 0.1) is 5.69 Å². The molecule has 0 aromatic carbocycles. The van der Waals surface area contributed by atoms with E-state index in [4.69, 9.17) is 10.3 Å². The molecular formula is C18H25N5O3. The van der Waals surface area contributed by atoms with E-state index in [9.17, 15) is 9.59 Å². The van der Waals surface area contributed by atoms with E-state index in [2.05, 4.69) is 36.3 Å². The summed E-state index contributed by atoms with van der Waals surface area (Å²) in [5, 5.41) is 10.8. The van der Waals surface area contributed by atoms with Gasteiger partial charge < -0.3 is 15.6 Å². The average Bonchev–Trinajstić information content (AvgIpc) is 3.16. The lowest BCUT2D eigenvalue weighted by molar-refractivity contribution is 0.0995. The Morgan fingerprint density at radius 1 is 1.38 bits per heavy atom. The summed E-state index contributed by atoms with van der Waals surface area (Å²) in [4.78, 5) is 24.3. The van der Waals surface area contributed by atoms with Gasteiger partial charge >= 0.3 is 0 Å². The highest BCUT2D eigenvalue weighted by Crippen LogP contribution is 2.38. The van der Waals surface area contributed by atoms with Crippen molar-refractivity contribution in [2.75, 3.05) is 5.32 Å². The van der Waals surface area contributed by atoms with Crippen molar-refractivity contribution >= 4 is 17.5 Å². The molecule has 0 aliphatic heterocycles. The number of amides is 2. The summed E-state index contributed by atoms with van der Waals surface area (Å²) < 4.78 is 6.93. The van der Waals surface area contributed by atoms with Crippen LogP contribution in [0.15, 0.2) is 10.7 Å². The molecule has 0 saturated carbocycles. The van der Waals surface area contributed by atoms with Gasteiger partial charge in [0.1, 0.15) is 5.76 Å². The van der Waals surface area contributed by atoms with Crippen LogP contribution in [0.1, 0.15) is 66.4 Å². The predicted molar refractivity (Wildman–Crippen MR) is 95.8 cm³/mol. The van der Waals surface area contributed by atoms with Gasteiger partial charge in [-0.15, -0.1) is 0 Å². The molecule has 140 valence electrons. The van der Waals surface area contributed by atoms with Crippen LogP contribution in [0.3, 0.4) is 0 Å². The highest BCUT2D eigenvalue weighted by molar-refractivity contribution is 6.07. The summed E-state index contributed by atoms with van der Waals surface area (Å²) in [6.07, 6.45) is 4.13. The van der Waals surface area contributed by atoms with E-state index >= 15 is 0 Å². The SMILES string of the molecule is CCn1cc(NC(=O)c2noc3c2C[C@H](C(C)(C)C)CC3)c(C(N)=O)n1. The van der Waals surface area contributed by atoms with Gasteiger partial charge in [0.25, 0.3) is 11.8 Å². The minimum Gasteiger partial charge on any atom is -0.364 e. The summed E-state index contributed by atoms with van der Waals surface area (Å²) in [5.41, 5.74) is 6.94. The van der Waals surface area contributed by atoms with Gasteiger partial charge in [-0.05, 0) is 31.1 Å². The van der Waals surface area contributed by atoms with Gasteiger partial charge in [-0.2, -0.15) is 5.10 Å². The van der Waals surface area contributed by atoms with E-state index in [0.29, 0.717) is 12.5 Å². The van der Waals surface area contributed by atoms with Crippen molar-refractivity contribution in [3.05, 3.63) is 28.9 Å². The summed E-state index contributed by atoms with van der Waals surface area (Å²) in [6.45, 7) is 9.05. The first-order valence-electron chi connectivity index (χ1n) is 8.86. The Kier molecular flexibility index (Phi) is 4.60. The fourth-order valence-corrected chi connectivity index (χ4v) is 3.36. The molecule has 1 atom stereocenters. The van der Waals surface area contributed by atoms with Crippen molar-refractivity contribution in [1.82, 2.24) is 14.9 Å². The molecule has 0 fully saturated rings. The molecule has 2 aromatic heterocycles. The van der Waals surface area contributed by atoms with Crippen molar-refractivity contribution in [1.29, 1.82) is 0 Å². The van der Waals surface area contributed by atoms with Crippen LogP contribution < -0.4 is 11.1 Å². The number of hydrogen-bond donors (Lipinski definition) is 2. The van der Waals surface area contributed by atoms with Gasteiger partial charge in [-0.3, -0.25) is 14.3 Å². The van der Waals surface area contributed by atoms with E-state index in [0.717, 1.165) is 30.6 Å². The molecule has 0 radical (unpaired) electrons. The highest BCUT2D eigenvalue weighted by Gasteiger charge is 2.34. The van der Waals surface area contributed by atoms with Gasteiger partial charge in [0, 0.05) is 24.7 Å². The first kappa shape index (κ1) is 18.2. The number of hydrogen-bond acceptors (Lipinski definition) is 5. The van der Waals surface area contributed by atoms with E-state index in [1.807, 2.05) is 6.92 Å². The summed E-state index contributed by atoms with van der Waals surface area (Å²) in [5.74, 6) is 0.116. The van der Waals surface area contributed by atoms with Crippen LogP contribution in [-0.4, -0.2) is 26.8 Å². The van der Waals surface area contributed by atoms with E-state index in [1.54, 1.807) is 10.9 Å². The minimum absolute atomic E-state index is 0.0325. The number of primary amides is 1. The molecule has 0 bridgehead atoms. The van der Waals surface area contributed by atoms with Crippen LogP contribution in [0.2, 0.25) is 0 Å². The first-order chi connectivity index (χ1) is 12.2. The molecular weight excluding hydrogens is 334 g/mol. The molecule has 1 aliphatic rings. The van der Waals surface area contributed by atoms with E-state index < -0.39 is 11.8 Å². The van der Waals surface area contributed by atoms with Crippen LogP contribution in [0.4, 0.5) is 5.69 Å². The van der Waals surface area contributed by atoms with Gasteiger partial charge in [0.15, 0.2) is 11.4 Å². The standard InChI is InChI=1S/C18H25N5O3/c1-5-23-9-12(15(21-23)16(19)24)20-17(25)14-11-8-10(18(2,3)4)6-7-13(11)26-22-14/h9-10H,5-8H2,1-4H3,(H2,19,24)(H,20,25)/t10-/m1/s1. The Bertz CT molecular complexity index is 844. The topological polar surface area (TPSA) is 116 Å². The maximum Gasteiger partial charge on any atom is 0.278 e. The van der Waals surface area contributed by atoms with Crippen LogP contribution in [-0.2, 0) is 19.4 Å². The molecule has 0 unspecified atom stereocenters. The summed E-state index contributed by atoms with van der Waals surface area (Å²) >= 11 is 0. The molecule has 26 heavy (non-hydrogen) atoms. The first-order valence-corrected chi connectivity index (χ1v) is 8.86. The molecule has 3 N–H and O–H groups in total. The number of aromatic nitrogens is 3. The quantitative estimate of drug-likeness (QED) is 0.869. The number of anilines is 1. The lowest BCUT2D eigenvalue weighted by Crippen LogP contribution is -2.28. The number of rotatable bonds is 4. The van der Waals surface area contributed by atoms with E-state index in [1.165, 1.54) is 0 Å². The molecule has 8 heteroatoms. The molecule has 0 spiro atoms. The zero-order valence-corrected chi connectivity index (χ0v) is 15.6. The number of aryl methyl sites for hydroxylation is 2. The summed E-state index contributed by atoms with van der Waals surface area (Å²) in [7, 11) is 0. The van der Waals surface area contributed by atoms with Crippen LogP contribution in [0, 0.1) is 11.3 Å². The third kappa shape index (κ3) is 3.36. The van der Waals surface area contributed by atoms with Crippen molar-refractivity contribution in [2.24, 2.45) is 17.1 Å². The molecule has 8 nitrogen and oxygen atoms in total. The largest absolute Gasteiger partial charge is 0.364 e. The highest BCUT2D eigenvalue weighted by atomic mass is 16.5. The predicted octanol–water partition coefficient (Wildman–Crippen LogP) is 2.39. The molecule has 2 aromatic rings. The third-order valence-electron chi connectivity index (χ3n) is 5.05. The molecule has 2 heterocycles. The molecule has 1 aliphatic carbocycles. The number of nitrogens with one attached hydrogen (secondary N) is 1. The smallest absolute Gasteiger partial charge is 0.278 e. The summed E-state index contributed by atoms with van der Waals surface area (Å²) in [6, 6.07) is 0. The fourth-order valence-electron chi connectivity index (χ4n) is 3.36. The number of carbonyl (C=O) groups is 2. The molecule has 2 amide bonds. The zero-order chi connectivity index (χ0) is 19.1. The van der Waals surface area contributed by atoms with Crippen molar-refractivity contribution in [3.8, 4) is 0 Å². The van der Waals surface area contributed by atoms with Gasteiger partial charge in [0.2, 0.25) is 0 Å². The van der Waals surface area contributed by atoms with Gasteiger partial charge in [-0.1, -0.05) is 25.9 Å². The van der Waals surface area contributed by atoms with Crippen LogP contribution in [0.25, 0.3) is 0 Å². The minimum atomic E-state index is -0.692. The second-order valence-corrected chi connectivity index (χ2v) is 7.80. The van der Waals surface area contributed by atoms with Gasteiger partial charge in [-0.25, -0.2) is 0 Å². The van der Waals surface area contributed by atoms with Crippen LogP contribution in [0.5, 0.6) is 0 Å². The second kappa shape index (κ2) is 6.59. The Labute approximate surface area is 152 Å². The van der Waals surface area contributed by atoms with Crippen molar-refractivity contribution in [3.63, 3.8) is 0 Å². The van der Waals surface area contributed by atoms with Crippen molar-refractivity contribution < 1.29 is 14.1 Å². The Hall–Kier alpha value is -2.64. The fraction of sp³-hybridized carbons (Fsp3) is 0.556. The zero-order valence-electron chi connectivity index (χ0n) is 15.6. The number of nitrogens with zero attached hydrogens (tertiary/aromatic N) is 3. The lowest BCUT2D eigenvalue weighted by Gasteiger charge is -2.33. The van der Waals surface area contributed by atoms with Crippen molar-refractivity contribution in [2.45, 2.75) is 53.5 Å². The molecule has 0 saturated heterocycles. The lowest BCUT2D eigenvalue weighted by atomic mass is 9.71. The normalized spacial score (nSPS) is 17.0. The Balaban J connectivity index is 1.86. The average molecular weight is 359 g/mol. The Morgan fingerprint density at radius 3 is 2.73 bits per heavy atom. The number of nitrogens with two attached hydrogens (primary N) is 1. The van der Waals surface area contributed by atoms with E-state index in [-0.39, 0.29) is 22.5 Å². The number of carbonyl (C=O) groups excluding carboxylic acids is 2. The third-order valence-corrected chi connectivity index (χ3v) is 5.05. The maximum atomic E-state index is 12.8. The van der Waals surface area contributed by atoms with Crippen LogP contribution >= 0.6 is 0 Å². The maximum absolute atomic E-state index is 12.8. The second-order valence-electron chi connectivity index (χ2n) is 7.80.